The maximum absolute atomic E-state index is 13.6. The van der Waals surface area contributed by atoms with Crippen molar-refractivity contribution in [3.8, 4) is 22.5 Å². The molecule has 0 radical (unpaired) electrons. The summed E-state index contributed by atoms with van der Waals surface area (Å²) < 4.78 is 28.5. The van der Waals surface area contributed by atoms with E-state index in [0.29, 0.717) is 79.4 Å². The van der Waals surface area contributed by atoms with E-state index in [2.05, 4.69) is 52.9 Å². The van der Waals surface area contributed by atoms with Gasteiger partial charge in [-0.3, -0.25) is 19.2 Å². The molecule has 92 heavy (non-hydrogen) atoms. The molecule has 4 aromatic heterocycles. The lowest BCUT2D eigenvalue weighted by atomic mass is 9.83. The van der Waals surface area contributed by atoms with Crippen LogP contribution in [-0.2, 0) is 32.5 Å². The minimum absolute atomic E-state index is 0. The Kier molecular flexibility index (Phi) is 26.4. The number of benzene rings is 5. The molecule has 3 amide bonds. The molecule has 0 saturated heterocycles. The van der Waals surface area contributed by atoms with E-state index < -0.39 is 15.3 Å². The summed E-state index contributed by atoms with van der Waals surface area (Å²) in [6, 6.07) is 37.8. The molecule has 2 aliphatic rings. The second kappa shape index (κ2) is 34.0. The number of nitrogens with zero attached hydrogens (tertiary/aromatic N) is 6. The molecule has 2 saturated carbocycles. The predicted octanol–water partition coefficient (Wildman–Crippen LogP) is 14.9. The average Bonchev–Trinajstić information content (AvgIpc) is 1.60. The van der Waals surface area contributed by atoms with Crippen molar-refractivity contribution in [2.24, 2.45) is 11.8 Å². The van der Waals surface area contributed by atoms with Crippen molar-refractivity contribution in [3.05, 3.63) is 209 Å². The van der Waals surface area contributed by atoms with Gasteiger partial charge in [0.05, 0.1) is 31.8 Å². The van der Waals surface area contributed by atoms with Crippen LogP contribution in [-0.4, -0.2) is 103 Å². The number of aromatic amines is 1. The van der Waals surface area contributed by atoms with E-state index in [9.17, 15) is 27.6 Å². The molecular weight excluding hydrogens is 1310 g/mol. The van der Waals surface area contributed by atoms with Crippen molar-refractivity contribution in [2.45, 2.75) is 96.0 Å². The van der Waals surface area contributed by atoms with Gasteiger partial charge in [-0.15, -0.1) is 0 Å². The Labute approximate surface area is 561 Å². The van der Waals surface area contributed by atoms with Crippen molar-refractivity contribution < 1.29 is 27.6 Å². The van der Waals surface area contributed by atoms with Crippen molar-refractivity contribution in [1.82, 2.24) is 44.4 Å². The number of aromatic nitrogens is 6. The van der Waals surface area contributed by atoms with E-state index in [1.54, 1.807) is 116 Å². The zero-order valence-corrected chi connectivity index (χ0v) is 54.3. The second-order valence-corrected chi connectivity index (χ2v) is 26.1. The quantitative estimate of drug-likeness (QED) is 0.0233. The zero-order chi connectivity index (χ0) is 63.7. The van der Waals surface area contributed by atoms with Gasteiger partial charge in [0.25, 0.3) is 21.8 Å². The highest BCUT2D eigenvalue weighted by Gasteiger charge is 2.28. The number of amides is 3. The third-order valence-electron chi connectivity index (χ3n) is 15.5. The first-order chi connectivity index (χ1) is 43.4. The number of carbonyl (C=O) groups is 4. The standard InChI is InChI=1S/C32H35ClN6O2.C32H30ClN5O3S.C4H4BrClO.2CH4/c1-39(2)16-6-11-30(40)36-23-14-12-22(13-15-23)32(41)37-24-8-5-7-21(17-24)18-29-35-20-27(33)31(38-29)26-19-34-28-10-4-3-9-25(26)28;33-28-19-35-30(18-21-7-6-8-24(17-21)36-32(39)22-13-15-23(34)16-14-22)37-31(28)27-20-38(29-12-5-4-11-26(27)29)42(40,41)25-9-2-1-3-10-25;5-3-1-2-4(6)7;;/h3-4,6,9-15,19-21,24,34H,5,7-8,16-18H2,1-2H3,(H,36,40)(H,37,41);1-5,9-16,19-21,24H,6-8,17-18,34H2,(H,36,39);1-2H,3H2;2*1H4/b11-6+;;2-1+;;. The van der Waals surface area contributed by atoms with Crippen LogP contribution in [0.1, 0.15) is 98.6 Å². The fraction of sp³-hybridized carbons (Fsp3) is 0.286. The van der Waals surface area contributed by atoms with Crippen LogP contribution in [0.25, 0.3) is 44.3 Å². The number of likely N-dealkylation sites (N-methyl/N-ethyl adjacent to an activating group) is 1. The van der Waals surface area contributed by atoms with Crippen LogP contribution < -0.4 is 21.7 Å². The van der Waals surface area contributed by atoms with Gasteiger partial charge in [0.15, 0.2) is 0 Å². The first-order valence-electron chi connectivity index (χ1n) is 29.5. The number of nitrogen functional groups attached to an aromatic ring is 1. The number of alkyl halides is 1. The van der Waals surface area contributed by atoms with Gasteiger partial charge in [-0.25, -0.2) is 32.3 Å². The molecule has 22 heteroatoms. The number of fused-ring (bicyclic) bond motifs is 2. The normalized spacial score (nSPS) is 16.3. The van der Waals surface area contributed by atoms with E-state index in [0.717, 1.165) is 91.2 Å². The first-order valence-corrected chi connectivity index (χ1v) is 33.2. The molecule has 482 valence electrons. The molecule has 4 atom stereocenters. The Morgan fingerprint density at radius 2 is 1.22 bits per heavy atom. The number of H-pyrrole nitrogens is 1. The lowest BCUT2D eigenvalue weighted by Gasteiger charge is -2.29. The van der Waals surface area contributed by atoms with E-state index in [1.165, 1.54) is 16.1 Å². The van der Waals surface area contributed by atoms with Gasteiger partial charge in [0.2, 0.25) is 11.1 Å². The van der Waals surface area contributed by atoms with Gasteiger partial charge in [0, 0.05) is 118 Å². The summed E-state index contributed by atoms with van der Waals surface area (Å²) in [5.41, 5.74) is 12.6. The summed E-state index contributed by atoms with van der Waals surface area (Å²) in [7, 11) is 0.0327. The van der Waals surface area contributed by atoms with Gasteiger partial charge in [-0.2, -0.15) is 0 Å². The smallest absolute Gasteiger partial charge is 0.268 e. The van der Waals surface area contributed by atoms with Crippen LogP contribution in [0.15, 0.2) is 181 Å². The molecule has 17 nitrogen and oxygen atoms in total. The lowest BCUT2D eigenvalue weighted by molar-refractivity contribution is -0.112. The fourth-order valence-corrected chi connectivity index (χ4v) is 13.2. The third-order valence-corrected chi connectivity index (χ3v) is 18.3. The zero-order valence-electron chi connectivity index (χ0n) is 49.7. The highest BCUT2D eigenvalue weighted by Crippen LogP contribution is 2.37. The Hall–Kier alpha value is -8.04. The number of halogens is 4. The van der Waals surface area contributed by atoms with Crippen LogP contribution in [0.2, 0.25) is 10.0 Å². The number of para-hydroxylation sites is 2. The monoisotopic (exact) mass is 1380 g/mol. The molecule has 4 unspecified atom stereocenters. The SMILES string of the molecule is C.C.CN(C)C/C=C/C(=O)Nc1ccc(C(=O)NC2CCCC(Cc3ncc(Cl)c(-c4c[nH]c5ccccc45)n3)C2)cc1.Nc1ccc(C(=O)NC2CCCC(Cc3ncc(Cl)c(-c4cn(S(=O)(=O)c5ccccc5)c5ccccc45)n3)C2)cc1.O=C(Cl)/C=C/CBr. The van der Waals surface area contributed by atoms with Crippen molar-refractivity contribution in [3.63, 3.8) is 0 Å². The maximum atomic E-state index is 13.6. The minimum atomic E-state index is -3.85. The Balaban J connectivity index is 0.000000232. The van der Waals surface area contributed by atoms with Gasteiger partial charge in [-0.05, 0) is 155 Å². The molecule has 0 aliphatic heterocycles. The topological polar surface area (TPSA) is 240 Å². The highest BCUT2D eigenvalue weighted by molar-refractivity contribution is 9.09. The minimum Gasteiger partial charge on any atom is -0.399 e. The van der Waals surface area contributed by atoms with Crippen molar-refractivity contribution in [1.29, 1.82) is 0 Å². The number of hydrogen-bond acceptors (Lipinski definition) is 12. The van der Waals surface area contributed by atoms with E-state index >= 15 is 0 Å². The number of allylic oxidation sites excluding steroid dienone is 2. The third kappa shape index (κ3) is 19.3. The van der Waals surface area contributed by atoms with Crippen LogP contribution in [0.5, 0.6) is 0 Å². The number of nitrogens with two attached hydrogens (primary N) is 1. The molecule has 2 fully saturated rings. The molecule has 11 rings (SSSR count). The van der Waals surface area contributed by atoms with Gasteiger partial charge in [0.1, 0.15) is 11.6 Å². The number of carbonyl (C=O) groups excluding carboxylic acids is 4. The van der Waals surface area contributed by atoms with Crippen LogP contribution in [0, 0.1) is 11.8 Å². The Morgan fingerprint density at radius 3 is 1.77 bits per heavy atom. The van der Waals surface area contributed by atoms with Crippen LogP contribution in [0.3, 0.4) is 0 Å². The second-order valence-electron chi connectivity index (χ2n) is 22.4. The molecule has 0 bridgehead atoms. The highest BCUT2D eigenvalue weighted by atomic mass is 79.9. The van der Waals surface area contributed by atoms with Gasteiger partial charge >= 0.3 is 0 Å². The molecule has 2 aliphatic carbocycles. The summed E-state index contributed by atoms with van der Waals surface area (Å²) in [4.78, 5) is 71.9. The molecule has 5 aromatic carbocycles. The Bertz CT molecular complexity index is 4150. The van der Waals surface area contributed by atoms with E-state index in [-0.39, 0.29) is 55.5 Å². The number of nitrogens with one attached hydrogen (secondary N) is 4. The van der Waals surface area contributed by atoms with E-state index in [4.69, 9.17) is 50.5 Å². The summed E-state index contributed by atoms with van der Waals surface area (Å²) in [5.74, 6) is 1.63. The van der Waals surface area contributed by atoms with E-state index in [1.807, 2.05) is 61.6 Å². The molecular formula is C70H77BrCl3N11O6S. The van der Waals surface area contributed by atoms with Crippen molar-refractivity contribution >= 4 is 117 Å². The lowest BCUT2D eigenvalue weighted by Crippen LogP contribution is -2.38. The summed E-state index contributed by atoms with van der Waals surface area (Å²) >= 11 is 21.1. The molecule has 4 heterocycles. The molecule has 9 aromatic rings. The first kappa shape index (κ1) is 71.4. The maximum Gasteiger partial charge on any atom is 0.268 e. The van der Waals surface area contributed by atoms with Crippen LogP contribution in [0.4, 0.5) is 11.4 Å². The van der Waals surface area contributed by atoms with Crippen LogP contribution >= 0.6 is 50.7 Å². The summed E-state index contributed by atoms with van der Waals surface area (Å²) in [6.45, 7) is 0.688. The average molecular weight is 1390 g/mol. The Morgan fingerprint density at radius 1 is 0.685 bits per heavy atom. The van der Waals surface area contributed by atoms with Gasteiger partial charge in [-0.1, -0.05) is 134 Å². The number of rotatable bonds is 18. The van der Waals surface area contributed by atoms with Gasteiger partial charge < -0.3 is 31.6 Å². The number of hydrogen-bond donors (Lipinski definition) is 5. The molecule has 6 N–H and O–H groups in total. The fourth-order valence-electron chi connectivity index (χ4n) is 11.2. The molecule has 0 spiro atoms. The number of anilines is 2. The summed E-state index contributed by atoms with van der Waals surface area (Å²) in [5, 5.41) is 12.1. The predicted molar refractivity (Wildman–Crippen MR) is 376 cm³/mol. The van der Waals surface area contributed by atoms with Crippen molar-refractivity contribution in [2.75, 3.05) is 37.0 Å². The largest absolute Gasteiger partial charge is 0.399 e. The summed E-state index contributed by atoms with van der Waals surface area (Å²) in [6.07, 6.45) is 22.1.